The Hall–Kier alpha value is -3.33. The second-order valence-electron chi connectivity index (χ2n) is 7.91. The van der Waals surface area contributed by atoms with Gasteiger partial charge in [0, 0.05) is 18.2 Å². The average Bonchev–Trinajstić information content (AvgIpc) is 2.97. The molecule has 9 heteroatoms. The molecule has 34 heavy (non-hydrogen) atoms. The Labute approximate surface area is 203 Å². The maximum absolute atomic E-state index is 13.0. The van der Waals surface area contributed by atoms with E-state index in [0.29, 0.717) is 39.5 Å². The fourth-order valence-electron chi connectivity index (χ4n) is 3.90. The van der Waals surface area contributed by atoms with E-state index in [4.69, 9.17) is 19.2 Å². The molecule has 1 aliphatic rings. The molecular weight excluding hydrogens is 452 g/mol. The number of hydrogen-bond acceptors (Lipinski definition) is 8. The Balaban J connectivity index is 1.93. The van der Waals surface area contributed by atoms with Crippen molar-refractivity contribution in [2.45, 2.75) is 45.0 Å². The highest BCUT2D eigenvalue weighted by atomic mass is 32.2. The van der Waals surface area contributed by atoms with E-state index in [1.165, 1.54) is 18.7 Å². The number of aromatic nitrogens is 3. The summed E-state index contributed by atoms with van der Waals surface area (Å²) < 4.78 is 17.6. The van der Waals surface area contributed by atoms with Crippen molar-refractivity contribution in [3.05, 3.63) is 47.5 Å². The minimum absolute atomic E-state index is 0.196. The summed E-state index contributed by atoms with van der Waals surface area (Å²) in [5.74, 6) is 2.03. The minimum Gasteiger partial charge on any atom is -0.493 e. The monoisotopic (exact) mass is 480 g/mol. The number of benzene rings is 2. The van der Waals surface area contributed by atoms with Crippen molar-refractivity contribution in [2.75, 3.05) is 24.9 Å². The third-order valence-electron chi connectivity index (χ3n) is 5.53. The summed E-state index contributed by atoms with van der Waals surface area (Å²) in [5, 5.41) is 9.36. The summed E-state index contributed by atoms with van der Waals surface area (Å²) >= 11 is 1.54. The molecule has 1 unspecified atom stereocenters. The number of rotatable bonds is 7. The standard InChI is InChI=1S/C25H28N4O4S/c1-6-7-13-34-25-26-23-21(27-28-25)18-14-15(2)11-12-19(18)29(16(3)30)24(33-23)17-9-8-10-20(31-4)22(17)32-5/h8-12,14,24H,6-7,13H2,1-5H3. The Morgan fingerprint density at radius 3 is 2.71 bits per heavy atom. The molecule has 0 aliphatic carbocycles. The predicted octanol–water partition coefficient (Wildman–Crippen LogP) is 5.20. The van der Waals surface area contributed by atoms with Gasteiger partial charge in [-0.15, -0.1) is 10.2 Å². The number of aryl methyl sites for hydroxylation is 1. The van der Waals surface area contributed by atoms with Gasteiger partial charge in [-0.2, -0.15) is 4.98 Å². The number of anilines is 1. The lowest BCUT2D eigenvalue weighted by molar-refractivity contribution is -0.118. The number of amides is 1. The van der Waals surface area contributed by atoms with Gasteiger partial charge in [-0.25, -0.2) is 0 Å². The Kier molecular flexibility index (Phi) is 7.21. The average molecular weight is 481 g/mol. The molecule has 0 radical (unpaired) electrons. The van der Waals surface area contributed by atoms with Crippen LogP contribution >= 0.6 is 11.8 Å². The van der Waals surface area contributed by atoms with Crippen LogP contribution in [0.5, 0.6) is 17.4 Å². The summed E-state index contributed by atoms with van der Waals surface area (Å²) in [6.45, 7) is 5.64. The van der Waals surface area contributed by atoms with Gasteiger partial charge < -0.3 is 14.2 Å². The Bertz CT molecular complexity index is 1200. The number of hydrogen-bond donors (Lipinski definition) is 0. The molecule has 1 aliphatic heterocycles. The van der Waals surface area contributed by atoms with Gasteiger partial charge >= 0.3 is 0 Å². The fraction of sp³-hybridized carbons (Fsp3) is 0.360. The van der Waals surface area contributed by atoms with Crippen LogP contribution in [0.1, 0.15) is 44.0 Å². The Morgan fingerprint density at radius 2 is 2.00 bits per heavy atom. The van der Waals surface area contributed by atoms with Crippen LogP contribution in [0, 0.1) is 6.92 Å². The van der Waals surface area contributed by atoms with E-state index >= 15 is 0 Å². The normalized spacial score (nSPS) is 14.5. The molecule has 2 heterocycles. The molecule has 1 aromatic heterocycles. The molecule has 0 fully saturated rings. The van der Waals surface area contributed by atoms with Crippen LogP contribution in [0.25, 0.3) is 11.3 Å². The lowest BCUT2D eigenvalue weighted by atomic mass is 10.0. The van der Waals surface area contributed by atoms with Crippen LogP contribution in [0.15, 0.2) is 41.6 Å². The second-order valence-corrected chi connectivity index (χ2v) is 8.97. The smallest absolute Gasteiger partial charge is 0.247 e. The number of nitrogens with zero attached hydrogens (tertiary/aromatic N) is 4. The number of thioether (sulfide) groups is 1. The summed E-state index contributed by atoms with van der Waals surface area (Å²) in [6, 6.07) is 11.3. The van der Waals surface area contributed by atoms with Crippen molar-refractivity contribution in [3.63, 3.8) is 0 Å². The topological polar surface area (TPSA) is 86.7 Å². The Morgan fingerprint density at radius 1 is 1.18 bits per heavy atom. The first kappa shape index (κ1) is 23.8. The highest BCUT2D eigenvalue weighted by molar-refractivity contribution is 7.99. The summed E-state index contributed by atoms with van der Waals surface area (Å²) in [5.41, 5.74) is 3.55. The second kappa shape index (κ2) is 10.3. The highest BCUT2D eigenvalue weighted by Crippen LogP contribution is 2.46. The highest BCUT2D eigenvalue weighted by Gasteiger charge is 2.36. The minimum atomic E-state index is -0.851. The van der Waals surface area contributed by atoms with Gasteiger partial charge in [-0.3, -0.25) is 9.69 Å². The van der Waals surface area contributed by atoms with Crippen molar-refractivity contribution in [1.82, 2.24) is 15.2 Å². The van der Waals surface area contributed by atoms with Crippen LogP contribution in [0.3, 0.4) is 0 Å². The van der Waals surface area contributed by atoms with Crippen LogP contribution in [0.2, 0.25) is 0 Å². The van der Waals surface area contributed by atoms with E-state index in [0.717, 1.165) is 29.7 Å². The first-order valence-electron chi connectivity index (χ1n) is 11.1. The summed E-state index contributed by atoms with van der Waals surface area (Å²) in [4.78, 5) is 19.3. The zero-order valence-corrected chi connectivity index (χ0v) is 20.8. The van der Waals surface area contributed by atoms with Gasteiger partial charge in [0.05, 0.1) is 25.5 Å². The van der Waals surface area contributed by atoms with Crippen LogP contribution in [-0.2, 0) is 4.79 Å². The number of fused-ring (bicyclic) bond motifs is 3. The van der Waals surface area contributed by atoms with Gasteiger partial charge in [0.2, 0.25) is 23.2 Å². The number of ether oxygens (including phenoxy) is 3. The van der Waals surface area contributed by atoms with Gasteiger partial charge in [0.1, 0.15) is 0 Å². The molecule has 4 rings (SSSR count). The summed E-state index contributed by atoms with van der Waals surface area (Å²) in [6.07, 6.45) is 1.28. The molecule has 1 amide bonds. The van der Waals surface area contributed by atoms with E-state index in [-0.39, 0.29) is 5.91 Å². The molecule has 1 atom stereocenters. The van der Waals surface area contributed by atoms with Gasteiger partial charge in [0.25, 0.3) is 0 Å². The molecule has 0 saturated heterocycles. The molecule has 0 saturated carbocycles. The van der Waals surface area contributed by atoms with Crippen molar-refractivity contribution in [2.24, 2.45) is 0 Å². The zero-order chi connectivity index (χ0) is 24.2. The SMILES string of the molecule is CCCCSc1nnc2c(n1)OC(c1cccc(OC)c1OC)N(C(C)=O)c1ccc(C)cc1-2. The number of carbonyl (C=O) groups is 1. The van der Waals surface area contributed by atoms with Crippen LogP contribution in [0.4, 0.5) is 5.69 Å². The van der Waals surface area contributed by atoms with E-state index in [9.17, 15) is 4.79 Å². The van der Waals surface area contributed by atoms with E-state index in [1.54, 1.807) is 25.2 Å². The quantitative estimate of drug-likeness (QED) is 0.337. The molecule has 0 N–H and O–H groups in total. The van der Waals surface area contributed by atoms with Crippen molar-refractivity contribution < 1.29 is 19.0 Å². The maximum Gasteiger partial charge on any atom is 0.247 e. The lowest BCUT2D eigenvalue weighted by Gasteiger charge is -2.31. The summed E-state index contributed by atoms with van der Waals surface area (Å²) in [7, 11) is 3.14. The molecular formula is C25H28N4O4S. The molecule has 3 aromatic rings. The predicted molar refractivity (Wildman–Crippen MR) is 132 cm³/mol. The molecule has 0 bridgehead atoms. The maximum atomic E-state index is 13.0. The fourth-order valence-corrected chi connectivity index (χ4v) is 4.76. The largest absolute Gasteiger partial charge is 0.493 e. The van der Waals surface area contributed by atoms with Crippen LogP contribution in [-0.4, -0.2) is 41.1 Å². The van der Waals surface area contributed by atoms with Gasteiger partial charge in [0.15, 0.2) is 17.2 Å². The number of carbonyl (C=O) groups excluding carboxylic acids is 1. The zero-order valence-electron chi connectivity index (χ0n) is 20.0. The van der Waals surface area contributed by atoms with Crippen molar-refractivity contribution in [1.29, 1.82) is 0 Å². The molecule has 2 aromatic carbocycles. The van der Waals surface area contributed by atoms with Gasteiger partial charge in [-0.1, -0.05) is 42.8 Å². The first-order chi connectivity index (χ1) is 16.5. The molecule has 0 spiro atoms. The van der Waals surface area contributed by atoms with E-state index in [2.05, 4.69) is 17.1 Å². The lowest BCUT2D eigenvalue weighted by Crippen LogP contribution is -2.36. The first-order valence-corrected chi connectivity index (χ1v) is 12.1. The number of para-hydroxylation sites is 1. The van der Waals surface area contributed by atoms with Crippen molar-refractivity contribution in [3.8, 4) is 28.6 Å². The third kappa shape index (κ3) is 4.52. The van der Waals surface area contributed by atoms with Crippen molar-refractivity contribution >= 4 is 23.4 Å². The molecule has 8 nitrogen and oxygen atoms in total. The van der Waals surface area contributed by atoms with Gasteiger partial charge in [-0.05, 0) is 37.6 Å². The van der Waals surface area contributed by atoms with E-state index < -0.39 is 6.23 Å². The van der Waals surface area contributed by atoms with E-state index in [1.807, 2.05) is 37.3 Å². The molecule has 178 valence electrons. The van der Waals surface area contributed by atoms with Crippen LogP contribution < -0.4 is 19.1 Å². The third-order valence-corrected chi connectivity index (χ3v) is 6.45. The number of methoxy groups -OCH3 is 2. The number of unbranched alkanes of at least 4 members (excludes halogenated alkanes) is 1.